The average Bonchev–Trinajstić information content (AvgIpc) is 2.50. The van der Waals surface area contributed by atoms with Gasteiger partial charge in [0.25, 0.3) is 0 Å². The average molecular weight is 256 g/mol. The van der Waals surface area contributed by atoms with Gasteiger partial charge in [-0.05, 0) is 55.3 Å². The predicted molar refractivity (Wildman–Crippen MR) is 84.0 cm³/mol. The fraction of sp³-hybridized carbons (Fsp3) is 1.00. The van der Waals surface area contributed by atoms with Crippen LogP contribution in [0.2, 0.25) is 0 Å². The summed E-state index contributed by atoms with van der Waals surface area (Å²) in [6, 6.07) is 0. The minimum Gasteiger partial charge on any atom is -0.333 e. The first-order valence-corrected chi connectivity index (χ1v) is 5.95. The molecular formula is C11H40N6. The van der Waals surface area contributed by atoms with E-state index in [1.807, 2.05) is 7.05 Å². The molecular weight excluding hydrogens is 216 g/mol. The summed E-state index contributed by atoms with van der Waals surface area (Å²) in [4.78, 5) is 0. The van der Waals surface area contributed by atoms with Crippen LogP contribution in [0.3, 0.4) is 0 Å². The van der Waals surface area contributed by atoms with Crippen molar-refractivity contribution in [2.24, 2.45) is 28.7 Å². The van der Waals surface area contributed by atoms with E-state index in [1.54, 1.807) is 0 Å². The number of unbranched alkanes of at least 4 members (excludes halogenated alkanes) is 2. The van der Waals surface area contributed by atoms with Gasteiger partial charge >= 0.3 is 0 Å². The van der Waals surface area contributed by atoms with Crippen LogP contribution in [0.5, 0.6) is 0 Å². The van der Waals surface area contributed by atoms with Crippen molar-refractivity contribution >= 4 is 0 Å². The second-order valence-electron chi connectivity index (χ2n) is 1.81. The molecule has 0 saturated carbocycles. The molecule has 0 saturated heterocycles. The first kappa shape index (κ1) is 36.0. The van der Waals surface area contributed by atoms with Crippen molar-refractivity contribution in [3.63, 3.8) is 0 Å². The third-order valence-electron chi connectivity index (χ3n) is 1.03. The molecule has 0 atom stereocenters. The standard InChI is InChI=1S/C6H15N.5CH5N/c1-3-4-5-6-7-2;5*1-2/h7H,3-6H2,1-2H3;5*2H2,1H3. The Morgan fingerprint density at radius 2 is 0.941 bits per heavy atom. The van der Waals surface area contributed by atoms with Crippen molar-refractivity contribution in [3.8, 4) is 0 Å². The molecule has 0 bridgehead atoms. The number of nitrogens with two attached hydrogens (primary N) is 5. The minimum absolute atomic E-state index is 1.17. The number of hydrogen-bond acceptors (Lipinski definition) is 6. The Morgan fingerprint density at radius 3 is 1.12 bits per heavy atom. The van der Waals surface area contributed by atoms with Crippen LogP contribution in [0.15, 0.2) is 0 Å². The first-order valence-electron chi connectivity index (χ1n) is 5.95. The lowest BCUT2D eigenvalue weighted by molar-refractivity contribution is 0.667. The number of nitrogens with one attached hydrogen (secondary N) is 1. The Hall–Kier alpha value is -0.240. The number of hydrogen-bond donors (Lipinski definition) is 6. The van der Waals surface area contributed by atoms with Gasteiger partial charge in [0.2, 0.25) is 0 Å². The van der Waals surface area contributed by atoms with Crippen LogP contribution in [0.25, 0.3) is 0 Å². The SMILES string of the molecule is CCCCCNC.CN.CN.CN.CN.CN. The molecule has 17 heavy (non-hydrogen) atoms. The maximum atomic E-state index is 4.50. The van der Waals surface area contributed by atoms with Gasteiger partial charge in [0.05, 0.1) is 0 Å². The summed E-state index contributed by atoms with van der Waals surface area (Å²) in [6.45, 7) is 3.39. The van der Waals surface area contributed by atoms with Gasteiger partial charge in [-0.15, -0.1) is 0 Å². The molecule has 0 radical (unpaired) electrons. The smallest absolute Gasteiger partial charge is 0.00519 e. The van der Waals surface area contributed by atoms with Crippen LogP contribution in [0.1, 0.15) is 26.2 Å². The summed E-state index contributed by atoms with van der Waals surface area (Å²) in [6.07, 6.45) is 4.01. The highest BCUT2D eigenvalue weighted by Crippen LogP contribution is 1.89. The van der Waals surface area contributed by atoms with Crippen LogP contribution in [-0.4, -0.2) is 48.8 Å². The zero-order valence-corrected chi connectivity index (χ0v) is 13.2. The van der Waals surface area contributed by atoms with E-state index < -0.39 is 0 Å². The van der Waals surface area contributed by atoms with Gasteiger partial charge in [0, 0.05) is 0 Å². The second-order valence-corrected chi connectivity index (χ2v) is 1.81. The van der Waals surface area contributed by atoms with Crippen molar-refractivity contribution in [2.45, 2.75) is 26.2 Å². The van der Waals surface area contributed by atoms with Gasteiger partial charge < -0.3 is 34.0 Å². The minimum atomic E-state index is 1.17. The summed E-state index contributed by atoms with van der Waals surface area (Å²) in [5.41, 5.74) is 22.5. The maximum absolute atomic E-state index is 4.50. The predicted octanol–water partition coefficient (Wildman–Crippen LogP) is -0.729. The van der Waals surface area contributed by atoms with E-state index in [9.17, 15) is 0 Å². The summed E-state index contributed by atoms with van der Waals surface area (Å²) in [5, 5.41) is 3.10. The zero-order valence-electron chi connectivity index (χ0n) is 13.2. The molecule has 11 N–H and O–H groups in total. The Labute approximate surface area is 110 Å². The van der Waals surface area contributed by atoms with Gasteiger partial charge in [-0.2, -0.15) is 0 Å². The molecule has 0 aliphatic heterocycles. The summed E-state index contributed by atoms with van der Waals surface area (Å²) < 4.78 is 0. The molecule has 0 aliphatic rings. The molecule has 0 rings (SSSR count). The lowest BCUT2D eigenvalue weighted by atomic mass is 10.2. The van der Waals surface area contributed by atoms with Crippen molar-refractivity contribution in [3.05, 3.63) is 0 Å². The Kier molecular flexibility index (Phi) is 320. The lowest BCUT2D eigenvalue weighted by Gasteiger charge is -1.93. The molecule has 0 aromatic carbocycles. The fourth-order valence-corrected chi connectivity index (χ4v) is 0.552. The van der Waals surface area contributed by atoms with Gasteiger partial charge in [-0.25, -0.2) is 0 Å². The largest absolute Gasteiger partial charge is 0.333 e. The molecule has 0 unspecified atom stereocenters. The van der Waals surface area contributed by atoms with Gasteiger partial charge in [-0.3, -0.25) is 0 Å². The summed E-state index contributed by atoms with van der Waals surface area (Å²) >= 11 is 0. The second kappa shape index (κ2) is 152. The lowest BCUT2D eigenvalue weighted by Crippen LogP contribution is -2.06. The zero-order chi connectivity index (χ0) is 15.5. The van der Waals surface area contributed by atoms with Crippen molar-refractivity contribution in [1.82, 2.24) is 5.32 Å². The highest BCUT2D eigenvalue weighted by molar-refractivity contribution is 4.39. The Morgan fingerprint density at radius 1 is 0.647 bits per heavy atom. The van der Waals surface area contributed by atoms with Crippen molar-refractivity contribution in [1.29, 1.82) is 0 Å². The molecule has 0 aromatic heterocycles. The van der Waals surface area contributed by atoms with Crippen LogP contribution in [0, 0.1) is 0 Å². The Bertz CT molecular complexity index is 35.1. The third-order valence-corrected chi connectivity index (χ3v) is 1.03. The molecule has 0 fully saturated rings. The molecule has 0 aliphatic carbocycles. The fourth-order valence-electron chi connectivity index (χ4n) is 0.552. The van der Waals surface area contributed by atoms with Crippen LogP contribution in [0.4, 0.5) is 0 Å². The van der Waals surface area contributed by atoms with Crippen molar-refractivity contribution < 1.29 is 0 Å². The van der Waals surface area contributed by atoms with Crippen LogP contribution in [-0.2, 0) is 0 Å². The van der Waals surface area contributed by atoms with E-state index in [0.29, 0.717) is 0 Å². The molecule has 6 heteroatoms. The third kappa shape index (κ3) is 211. The van der Waals surface area contributed by atoms with E-state index in [-0.39, 0.29) is 0 Å². The topological polar surface area (TPSA) is 142 Å². The molecule has 114 valence electrons. The molecule has 0 amide bonds. The highest BCUT2D eigenvalue weighted by Gasteiger charge is 1.78. The van der Waals surface area contributed by atoms with E-state index in [2.05, 4.69) is 40.9 Å². The van der Waals surface area contributed by atoms with Crippen LogP contribution >= 0.6 is 0 Å². The molecule has 0 aromatic rings. The van der Waals surface area contributed by atoms with Gasteiger partial charge in [0.1, 0.15) is 0 Å². The first-order chi connectivity index (χ1) is 8.41. The monoisotopic (exact) mass is 256 g/mol. The van der Waals surface area contributed by atoms with Crippen LogP contribution < -0.4 is 34.0 Å². The van der Waals surface area contributed by atoms with Gasteiger partial charge in [-0.1, -0.05) is 19.8 Å². The van der Waals surface area contributed by atoms with E-state index in [0.717, 1.165) is 0 Å². The quantitative estimate of drug-likeness (QED) is 0.366. The van der Waals surface area contributed by atoms with E-state index >= 15 is 0 Å². The molecule has 0 spiro atoms. The van der Waals surface area contributed by atoms with E-state index in [4.69, 9.17) is 0 Å². The number of rotatable bonds is 4. The van der Waals surface area contributed by atoms with Crippen molar-refractivity contribution in [2.75, 3.05) is 48.8 Å². The highest BCUT2D eigenvalue weighted by atomic mass is 14.8. The van der Waals surface area contributed by atoms with Gasteiger partial charge in [0.15, 0.2) is 0 Å². The maximum Gasteiger partial charge on any atom is -0.00519 e. The summed E-state index contributed by atoms with van der Waals surface area (Å²) in [5.74, 6) is 0. The van der Waals surface area contributed by atoms with E-state index in [1.165, 1.54) is 61.0 Å². The Balaban J connectivity index is -0.0000000257. The molecule has 0 heterocycles. The normalized spacial score (nSPS) is 5.65. The molecule has 6 nitrogen and oxygen atoms in total. The summed E-state index contributed by atoms with van der Waals surface area (Å²) in [7, 11) is 9.50.